The maximum atomic E-state index is 12.2. The molecule has 1 amide bonds. The van der Waals surface area contributed by atoms with Crippen molar-refractivity contribution in [1.82, 2.24) is 4.90 Å². The van der Waals surface area contributed by atoms with Crippen LogP contribution in [0.2, 0.25) is 0 Å². The van der Waals surface area contributed by atoms with E-state index in [-0.39, 0.29) is 22.4 Å². The van der Waals surface area contributed by atoms with Crippen molar-refractivity contribution in [3.63, 3.8) is 0 Å². The van der Waals surface area contributed by atoms with Gasteiger partial charge in [-0.15, -0.1) is 0 Å². The highest BCUT2D eigenvalue weighted by molar-refractivity contribution is 7.30. The number of nitrogens with zero attached hydrogens (tertiary/aromatic N) is 1. The summed E-state index contributed by atoms with van der Waals surface area (Å²) >= 11 is 0. The lowest BCUT2D eigenvalue weighted by molar-refractivity contribution is -0.254. The lowest BCUT2D eigenvalue weighted by Gasteiger charge is -2.21. The number of aryl methyl sites for hydroxylation is 1. The standard InChI is InChI=1S/C21H29NO3S/c1-3-4-5-8-17(2)10-11-18-12-13-20(23)22(18)14-7-16-26-15-6-9-19(26)21(24)25/h6,8-11,15,18H,3-5,7,12-14,16H2,1-2H3/b11-10+,17-8+/t18-,26?/m0/s1. The van der Waals surface area contributed by atoms with E-state index in [4.69, 9.17) is 0 Å². The van der Waals surface area contributed by atoms with Crippen LogP contribution in [0.15, 0.2) is 41.3 Å². The van der Waals surface area contributed by atoms with Crippen molar-refractivity contribution in [3.8, 4) is 0 Å². The summed E-state index contributed by atoms with van der Waals surface area (Å²) in [5, 5.41) is 13.0. The number of carboxylic acid groups (broad SMARTS) is 1. The third-order valence-corrected chi connectivity index (χ3v) is 6.80. The van der Waals surface area contributed by atoms with E-state index in [0.717, 1.165) is 25.0 Å². The van der Waals surface area contributed by atoms with Gasteiger partial charge in [0.2, 0.25) is 5.91 Å². The van der Waals surface area contributed by atoms with E-state index in [1.54, 1.807) is 12.1 Å². The number of likely N-dealkylation sites (tertiary alicyclic amines) is 1. The van der Waals surface area contributed by atoms with Crippen LogP contribution in [0.1, 0.15) is 62.0 Å². The number of unbranched alkanes of at least 4 members (excludes halogenated alkanes) is 2. The predicted molar refractivity (Wildman–Crippen MR) is 105 cm³/mol. The molecule has 0 bridgehead atoms. The second kappa shape index (κ2) is 10.3. The van der Waals surface area contributed by atoms with Crippen molar-refractivity contribution < 1.29 is 14.7 Å². The summed E-state index contributed by atoms with van der Waals surface area (Å²) in [5.41, 5.74) is 1.25. The fraction of sp³-hybridized carbons (Fsp3) is 0.524. The highest BCUT2D eigenvalue weighted by Gasteiger charge is 2.29. The molecule has 0 aliphatic carbocycles. The molecule has 5 heteroatoms. The van der Waals surface area contributed by atoms with Crippen LogP contribution in [-0.4, -0.2) is 29.4 Å². The molecule has 1 fully saturated rings. The summed E-state index contributed by atoms with van der Waals surface area (Å²) < 4.78 is 0. The monoisotopic (exact) mass is 375 g/mol. The molecular formula is C21H29NO3S. The van der Waals surface area contributed by atoms with Gasteiger partial charge in [-0.3, -0.25) is 4.79 Å². The van der Waals surface area contributed by atoms with Crippen LogP contribution >= 0.6 is 10.5 Å². The van der Waals surface area contributed by atoms with E-state index in [9.17, 15) is 14.7 Å². The lowest BCUT2D eigenvalue weighted by atomic mass is 10.1. The average Bonchev–Trinajstić information content (AvgIpc) is 3.21. The fourth-order valence-corrected chi connectivity index (χ4v) is 4.92. The van der Waals surface area contributed by atoms with Gasteiger partial charge in [0.1, 0.15) is 17.1 Å². The van der Waals surface area contributed by atoms with Gasteiger partial charge in [-0.1, -0.05) is 43.6 Å². The van der Waals surface area contributed by atoms with Crippen LogP contribution in [0, 0.1) is 0 Å². The molecule has 0 saturated carbocycles. The summed E-state index contributed by atoms with van der Waals surface area (Å²) in [6.07, 6.45) is 12.3. The Hall–Kier alpha value is -1.88. The van der Waals surface area contributed by atoms with E-state index in [1.165, 1.54) is 18.4 Å². The van der Waals surface area contributed by atoms with Crippen LogP contribution < -0.4 is 5.11 Å². The molecule has 4 nitrogen and oxygen atoms in total. The molecule has 1 aromatic rings. The van der Waals surface area contributed by atoms with Gasteiger partial charge in [0.15, 0.2) is 4.88 Å². The number of hydrogen-bond acceptors (Lipinski definition) is 3. The van der Waals surface area contributed by atoms with Crippen molar-refractivity contribution in [2.75, 3.05) is 6.54 Å². The zero-order valence-electron chi connectivity index (χ0n) is 15.8. The molecule has 0 spiro atoms. The first-order chi connectivity index (χ1) is 12.5. The zero-order valence-corrected chi connectivity index (χ0v) is 16.6. The molecule has 0 N–H and O–H groups in total. The third kappa shape index (κ3) is 5.84. The minimum Gasteiger partial charge on any atom is -0.540 e. The van der Waals surface area contributed by atoms with Crippen LogP contribution in [0.25, 0.3) is 0 Å². The number of carbonyl (C=O) groups excluding carboxylic acids is 2. The molecule has 1 aromatic heterocycles. The Morgan fingerprint density at radius 2 is 2.23 bits per heavy atom. The minimum atomic E-state index is -1.08. The second-order valence-electron chi connectivity index (χ2n) is 6.78. The molecule has 2 atom stereocenters. The summed E-state index contributed by atoms with van der Waals surface area (Å²) in [6.45, 7) is 4.98. The number of carboxylic acids is 1. The first kappa shape index (κ1) is 20.4. The lowest BCUT2D eigenvalue weighted by Crippen LogP contribution is -2.32. The van der Waals surface area contributed by atoms with Gasteiger partial charge in [-0.05, 0) is 36.3 Å². The molecule has 2 rings (SSSR count). The highest BCUT2D eigenvalue weighted by atomic mass is 32.2. The normalized spacial score (nSPS) is 18.9. The van der Waals surface area contributed by atoms with E-state index < -0.39 is 5.97 Å². The quantitative estimate of drug-likeness (QED) is 0.354. The molecular weight excluding hydrogens is 346 g/mol. The molecule has 2 heterocycles. The van der Waals surface area contributed by atoms with Crippen molar-refractivity contribution in [2.45, 2.75) is 64.2 Å². The zero-order chi connectivity index (χ0) is 18.9. The van der Waals surface area contributed by atoms with E-state index in [0.29, 0.717) is 17.8 Å². The molecule has 26 heavy (non-hydrogen) atoms. The minimum absolute atomic E-state index is 0.163. The fourth-order valence-electron chi connectivity index (χ4n) is 3.24. The Morgan fingerprint density at radius 3 is 2.96 bits per heavy atom. The number of carbonyl (C=O) groups is 2. The number of thiophene rings is 1. The Morgan fingerprint density at radius 1 is 1.42 bits per heavy atom. The molecule has 0 radical (unpaired) electrons. The largest absolute Gasteiger partial charge is 0.540 e. The van der Waals surface area contributed by atoms with Crippen LogP contribution in [-0.2, 0) is 10.5 Å². The summed E-state index contributed by atoms with van der Waals surface area (Å²) in [6, 6.07) is 3.57. The maximum absolute atomic E-state index is 12.2. The number of amides is 1. The first-order valence-corrected chi connectivity index (χ1v) is 10.9. The SMILES string of the molecule is CCCC/C=C(C)/C=C/[C@H]1CCC(=O)N1CCC[s+]1cccc1C(=O)[O-]. The average molecular weight is 376 g/mol. The van der Waals surface area contributed by atoms with Crippen LogP contribution in [0.3, 0.4) is 0 Å². The smallest absolute Gasteiger partial charge is 0.223 e. The maximum Gasteiger partial charge on any atom is 0.223 e. The van der Waals surface area contributed by atoms with E-state index in [2.05, 4.69) is 32.1 Å². The second-order valence-corrected chi connectivity index (χ2v) is 8.75. The van der Waals surface area contributed by atoms with Crippen molar-refractivity contribution in [2.24, 2.45) is 0 Å². The van der Waals surface area contributed by atoms with Gasteiger partial charge in [-0.2, -0.15) is 0 Å². The van der Waals surface area contributed by atoms with Crippen LogP contribution in [0.4, 0.5) is 0 Å². The molecule has 1 unspecified atom stereocenters. The molecule has 1 aliphatic rings. The molecule has 1 saturated heterocycles. The van der Waals surface area contributed by atoms with E-state index in [1.807, 2.05) is 10.3 Å². The third-order valence-electron chi connectivity index (χ3n) is 4.72. The summed E-state index contributed by atoms with van der Waals surface area (Å²) in [5.74, 6) is -0.123. The number of hydrogen-bond donors (Lipinski definition) is 0. The Labute approximate surface area is 159 Å². The van der Waals surface area contributed by atoms with Gasteiger partial charge in [0, 0.05) is 25.5 Å². The summed E-state index contributed by atoms with van der Waals surface area (Å²) in [7, 11) is -0.380. The highest BCUT2D eigenvalue weighted by Crippen LogP contribution is 2.28. The van der Waals surface area contributed by atoms with E-state index >= 15 is 0 Å². The van der Waals surface area contributed by atoms with Gasteiger partial charge in [0.25, 0.3) is 0 Å². The predicted octanol–water partition coefficient (Wildman–Crippen LogP) is 3.87. The summed E-state index contributed by atoms with van der Waals surface area (Å²) in [4.78, 5) is 25.6. The molecule has 142 valence electrons. The Bertz CT molecular complexity index is 675. The number of rotatable bonds is 10. The van der Waals surface area contributed by atoms with Gasteiger partial charge < -0.3 is 14.8 Å². The first-order valence-electron chi connectivity index (χ1n) is 9.47. The number of aromatic carboxylic acids is 1. The van der Waals surface area contributed by atoms with Crippen LogP contribution in [0.5, 0.6) is 0 Å². The Kier molecular flexibility index (Phi) is 8.10. The number of allylic oxidation sites excluding steroid dienone is 3. The molecule has 0 aromatic carbocycles. The van der Waals surface area contributed by atoms with Crippen molar-refractivity contribution in [3.05, 3.63) is 46.2 Å². The van der Waals surface area contributed by atoms with Gasteiger partial charge in [0.05, 0.1) is 6.04 Å². The van der Waals surface area contributed by atoms with Gasteiger partial charge >= 0.3 is 0 Å². The van der Waals surface area contributed by atoms with Crippen molar-refractivity contribution >= 4 is 22.3 Å². The van der Waals surface area contributed by atoms with Crippen molar-refractivity contribution in [1.29, 1.82) is 0 Å². The Balaban J connectivity index is 1.88. The van der Waals surface area contributed by atoms with Gasteiger partial charge in [-0.25, -0.2) is 0 Å². The topological polar surface area (TPSA) is 60.4 Å². The molecule has 1 aliphatic heterocycles.